The number of carbonyl (C=O) groups excluding carboxylic acids is 1. The van der Waals surface area contributed by atoms with Crippen molar-refractivity contribution in [1.29, 1.82) is 5.26 Å². The summed E-state index contributed by atoms with van der Waals surface area (Å²) < 4.78 is 1.37. The molecule has 0 spiro atoms. The maximum Gasteiger partial charge on any atom is 0.246 e. The van der Waals surface area contributed by atoms with Crippen molar-refractivity contribution in [2.45, 2.75) is 13.1 Å². The van der Waals surface area contributed by atoms with Crippen LogP contribution in [0.15, 0.2) is 24.4 Å². The Labute approximate surface area is 119 Å². The van der Waals surface area contributed by atoms with Crippen LogP contribution in [0.5, 0.6) is 0 Å². The normalized spacial score (nSPS) is 10.1. The van der Waals surface area contributed by atoms with Gasteiger partial charge in [-0.2, -0.15) is 5.26 Å². The number of carbonyl (C=O) groups is 1. The number of amides is 1. The SMILES string of the molecule is N#Cc1ccc(Cl)c(NC(=O)Cn2cc(CN)nn2)c1. The van der Waals surface area contributed by atoms with E-state index >= 15 is 0 Å². The van der Waals surface area contributed by atoms with Gasteiger partial charge >= 0.3 is 0 Å². The van der Waals surface area contributed by atoms with Crippen LogP contribution >= 0.6 is 11.6 Å². The Kier molecular flexibility index (Phi) is 4.30. The van der Waals surface area contributed by atoms with Crippen molar-refractivity contribution in [3.8, 4) is 6.07 Å². The van der Waals surface area contributed by atoms with Gasteiger partial charge in [0.05, 0.1) is 34.2 Å². The van der Waals surface area contributed by atoms with E-state index in [1.165, 1.54) is 10.7 Å². The van der Waals surface area contributed by atoms with Gasteiger partial charge in [0.15, 0.2) is 0 Å². The zero-order chi connectivity index (χ0) is 14.5. The van der Waals surface area contributed by atoms with E-state index in [9.17, 15) is 4.79 Å². The first-order valence-corrected chi connectivity index (χ1v) is 6.08. The van der Waals surface area contributed by atoms with Crippen molar-refractivity contribution in [2.75, 3.05) is 5.32 Å². The Hall–Kier alpha value is -2.43. The van der Waals surface area contributed by atoms with Gasteiger partial charge in [0.2, 0.25) is 5.91 Å². The van der Waals surface area contributed by atoms with Gasteiger partial charge < -0.3 is 11.1 Å². The molecule has 1 heterocycles. The molecule has 2 rings (SSSR count). The second kappa shape index (κ2) is 6.14. The molecule has 0 aliphatic rings. The fourth-order valence-electron chi connectivity index (χ4n) is 1.54. The Morgan fingerprint density at radius 3 is 3.00 bits per heavy atom. The number of nitrogens with zero attached hydrogens (tertiary/aromatic N) is 4. The van der Waals surface area contributed by atoms with Crippen LogP contribution in [-0.2, 0) is 17.9 Å². The van der Waals surface area contributed by atoms with Crippen molar-refractivity contribution in [2.24, 2.45) is 5.73 Å². The predicted octanol–water partition coefficient (Wildman–Crippen LogP) is 0.901. The summed E-state index contributed by atoms with van der Waals surface area (Å²) in [5.41, 5.74) is 6.80. The Bertz CT molecular complexity index is 675. The number of rotatable bonds is 4. The number of nitrogens with one attached hydrogen (secondary N) is 1. The van der Waals surface area contributed by atoms with Gasteiger partial charge in [-0.3, -0.25) is 4.79 Å². The minimum Gasteiger partial charge on any atom is -0.325 e. The molecule has 0 radical (unpaired) electrons. The number of anilines is 1. The summed E-state index contributed by atoms with van der Waals surface area (Å²) in [6, 6.07) is 6.61. The van der Waals surface area contributed by atoms with Gasteiger partial charge in [0.25, 0.3) is 0 Å². The smallest absolute Gasteiger partial charge is 0.246 e. The van der Waals surface area contributed by atoms with Crippen molar-refractivity contribution >= 4 is 23.2 Å². The van der Waals surface area contributed by atoms with Crippen LogP contribution in [0.2, 0.25) is 5.02 Å². The second-order valence-corrected chi connectivity index (χ2v) is 4.37. The quantitative estimate of drug-likeness (QED) is 0.869. The monoisotopic (exact) mass is 290 g/mol. The molecule has 1 amide bonds. The first-order chi connectivity index (χ1) is 9.62. The summed E-state index contributed by atoms with van der Waals surface area (Å²) in [5, 5.41) is 19.3. The van der Waals surface area contributed by atoms with Crippen LogP contribution in [0.25, 0.3) is 0 Å². The number of hydrogen-bond donors (Lipinski definition) is 2. The number of nitriles is 1. The molecule has 8 heteroatoms. The van der Waals surface area contributed by atoms with E-state index in [-0.39, 0.29) is 19.0 Å². The lowest BCUT2D eigenvalue weighted by Crippen LogP contribution is -2.19. The average molecular weight is 291 g/mol. The number of hydrogen-bond acceptors (Lipinski definition) is 5. The van der Waals surface area contributed by atoms with Crippen molar-refractivity contribution < 1.29 is 4.79 Å². The highest BCUT2D eigenvalue weighted by atomic mass is 35.5. The van der Waals surface area contributed by atoms with E-state index in [0.717, 1.165) is 0 Å². The zero-order valence-electron chi connectivity index (χ0n) is 10.4. The van der Waals surface area contributed by atoms with E-state index in [2.05, 4.69) is 15.6 Å². The second-order valence-electron chi connectivity index (χ2n) is 3.97. The summed E-state index contributed by atoms with van der Waals surface area (Å²) in [5.74, 6) is -0.324. The lowest BCUT2D eigenvalue weighted by Gasteiger charge is -2.07. The minimum atomic E-state index is -0.324. The first-order valence-electron chi connectivity index (χ1n) is 5.71. The standard InChI is InChI=1S/C12H11ClN6O/c13-10-2-1-8(4-14)3-11(10)16-12(20)7-19-6-9(5-15)17-18-19/h1-3,6H,5,7,15H2,(H,16,20). The van der Waals surface area contributed by atoms with E-state index in [1.54, 1.807) is 18.3 Å². The highest BCUT2D eigenvalue weighted by Crippen LogP contribution is 2.22. The van der Waals surface area contributed by atoms with Gasteiger partial charge in [0, 0.05) is 6.54 Å². The number of nitrogens with two attached hydrogens (primary N) is 1. The van der Waals surface area contributed by atoms with Crippen LogP contribution in [0.3, 0.4) is 0 Å². The average Bonchev–Trinajstić information content (AvgIpc) is 2.88. The minimum absolute atomic E-state index is 0.0138. The molecule has 7 nitrogen and oxygen atoms in total. The largest absolute Gasteiger partial charge is 0.325 e. The van der Waals surface area contributed by atoms with Crippen LogP contribution < -0.4 is 11.1 Å². The summed E-state index contributed by atoms with van der Waals surface area (Å²) >= 11 is 5.95. The molecule has 1 aromatic carbocycles. The molecule has 0 bridgehead atoms. The molecular formula is C12H11ClN6O. The fourth-order valence-corrected chi connectivity index (χ4v) is 1.70. The number of benzene rings is 1. The maximum absolute atomic E-state index is 11.9. The molecule has 0 fully saturated rings. The lowest BCUT2D eigenvalue weighted by molar-refractivity contribution is -0.116. The van der Waals surface area contributed by atoms with Crippen LogP contribution in [0, 0.1) is 11.3 Å². The van der Waals surface area contributed by atoms with E-state index < -0.39 is 0 Å². The van der Waals surface area contributed by atoms with Crippen molar-refractivity contribution in [1.82, 2.24) is 15.0 Å². The Morgan fingerprint density at radius 1 is 1.55 bits per heavy atom. The summed E-state index contributed by atoms with van der Waals surface area (Å²) in [4.78, 5) is 11.9. The highest BCUT2D eigenvalue weighted by Gasteiger charge is 2.09. The Balaban J connectivity index is 2.06. The van der Waals surface area contributed by atoms with Crippen LogP contribution in [0.4, 0.5) is 5.69 Å². The van der Waals surface area contributed by atoms with Gasteiger partial charge in [0.1, 0.15) is 6.54 Å². The molecule has 3 N–H and O–H groups in total. The van der Waals surface area contributed by atoms with Gasteiger partial charge in [-0.15, -0.1) is 5.10 Å². The van der Waals surface area contributed by atoms with Crippen molar-refractivity contribution in [3.63, 3.8) is 0 Å². The lowest BCUT2D eigenvalue weighted by atomic mass is 10.2. The summed E-state index contributed by atoms with van der Waals surface area (Å²) in [7, 11) is 0. The molecule has 1 aromatic heterocycles. The number of halogens is 1. The zero-order valence-corrected chi connectivity index (χ0v) is 11.1. The van der Waals surface area contributed by atoms with Gasteiger partial charge in [-0.25, -0.2) is 4.68 Å². The molecule has 102 valence electrons. The van der Waals surface area contributed by atoms with E-state index in [1.807, 2.05) is 6.07 Å². The van der Waals surface area contributed by atoms with Gasteiger partial charge in [-0.1, -0.05) is 16.8 Å². The summed E-state index contributed by atoms with van der Waals surface area (Å²) in [6.07, 6.45) is 1.59. The first kappa shape index (κ1) is 14.0. The molecule has 0 unspecified atom stereocenters. The molecule has 0 atom stereocenters. The van der Waals surface area contributed by atoms with Crippen LogP contribution in [0.1, 0.15) is 11.3 Å². The Morgan fingerprint density at radius 2 is 2.35 bits per heavy atom. The molecule has 0 aliphatic carbocycles. The maximum atomic E-state index is 11.9. The molecule has 2 aromatic rings. The fraction of sp³-hybridized carbons (Fsp3) is 0.167. The highest BCUT2D eigenvalue weighted by molar-refractivity contribution is 6.33. The van der Waals surface area contributed by atoms with Crippen LogP contribution in [-0.4, -0.2) is 20.9 Å². The van der Waals surface area contributed by atoms with Gasteiger partial charge in [-0.05, 0) is 18.2 Å². The third kappa shape index (κ3) is 3.32. The van der Waals surface area contributed by atoms with E-state index in [0.29, 0.717) is 22.0 Å². The molecule has 0 aliphatic heterocycles. The molecule has 0 saturated heterocycles. The predicted molar refractivity (Wildman–Crippen MR) is 72.7 cm³/mol. The summed E-state index contributed by atoms with van der Waals surface area (Å²) in [6.45, 7) is 0.248. The van der Waals surface area contributed by atoms with Crippen molar-refractivity contribution in [3.05, 3.63) is 40.7 Å². The topological polar surface area (TPSA) is 110 Å². The third-order valence-corrected chi connectivity index (χ3v) is 2.80. The third-order valence-electron chi connectivity index (χ3n) is 2.47. The van der Waals surface area contributed by atoms with E-state index in [4.69, 9.17) is 22.6 Å². The molecule has 0 saturated carbocycles. The molecule has 20 heavy (non-hydrogen) atoms. The number of aromatic nitrogens is 3. The molecular weight excluding hydrogens is 280 g/mol.